The number of ether oxygens (including phenoxy) is 1. The number of nitrogens with zero attached hydrogens (tertiary/aromatic N) is 3. The Morgan fingerprint density at radius 1 is 1.30 bits per heavy atom. The highest BCUT2D eigenvalue weighted by atomic mass is 16.5. The van der Waals surface area contributed by atoms with Crippen LogP contribution in [-0.2, 0) is 9.53 Å². The minimum absolute atomic E-state index is 0.0584. The van der Waals surface area contributed by atoms with E-state index in [0.29, 0.717) is 6.42 Å². The number of nitrogens with one attached hydrogen (secondary N) is 1. The second-order valence-corrected chi connectivity index (χ2v) is 5.93. The van der Waals surface area contributed by atoms with Gasteiger partial charge >= 0.3 is 0 Å². The molecule has 2 heterocycles. The average molecular weight is 284 g/mol. The summed E-state index contributed by atoms with van der Waals surface area (Å²) in [7, 11) is 4.19. The fourth-order valence-electron chi connectivity index (χ4n) is 2.64. The first-order valence-corrected chi connectivity index (χ1v) is 7.62. The topological polar surface area (TPSA) is 48.0 Å². The third kappa shape index (κ3) is 5.01. The number of carbonyl (C=O) groups excluding carboxylic acids is 1. The number of hydrogen-bond acceptors (Lipinski definition) is 5. The van der Waals surface area contributed by atoms with Crippen LogP contribution in [0.15, 0.2) is 0 Å². The fourth-order valence-corrected chi connectivity index (χ4v) is 2.64. The van der Waals surface area contributed by atoms with Gasteiger partial charge in [-0.15, -0.1) is 0 Å². The van der Waals surface area contributed by atoms with Gasteiger partial charge in [0.25, 0.3) is 0 Å². The number of amides is 1. The van der Waals surface area contributed by atoms with Gasteiger partial charge in [0, 0.05) is 52.4 Å². The van der Waals surface area contributed by atoms with E-state index in [0.717, 1.165) is 59.0 Å². The maximum absolute atomic E-state index is 12.2. The van der Waals surface area contributed by atoms with E-state index in [-0.39, 0.29) is 12.0 Å². The second kappa shape index (κ2) is 7.93. The molecule has 0 aromatic carbocycles. The molecule has 2 aliphatic rings. The summed E-state index contributed by atoms with van der Waals surface area (Å²) in [5, 5.41) is 3.27. The summed E-state index contributed by atoms with van der Waals surface area (Å²) in [6.07, 6.45) is 0.577. The lowest BCUT2D eigenvalue weighted by Crippen LogP contribution is -2.51. The Kier molecular flexibility index (Phi) is 6.22. The van der Waals surface area contributed by atoms with Gasteiger partial charge in [-0.1, -0.05) is 0 Å². The quantitative estimate of drug-likeness (QED) is 0.707. The van der Waals surface area contributed by atoms with Gasteiger partial charge in [0.2, 0.25) is 5.91 Å². The molecule has 2 rings (SSSR count). The van der Waals surface area contributed by atoms with Gasteiger partial charge in [0.1, 0.15) is 0 Å². The predicted molar refractivity (Wildman–Crippen MR) is 78.8 cm³/mol. The fraction of sp³-hybridized carbons (Fsp3) is 0.929. The molecule has 0 aromatic heterocycles. The number of carbonyl (C=O) groups is 1. The Bertz CT molecular complexity index is 298. The molecular formula is C14H28N4O2. The second-order valence-electron chi connectivity index (χ2n) is 5.93. The van der Waals surface area contributed by atoms with Crippen LogP contribution in [0.25, 0.3) is 0 Å². The average Bonchev–Trinajstić information content (AvgIpc) is 2.46. The lowest BCUT2D eigenvalue weighted by Gasteiger charge is -2.36. The number of likely N-dealkylation sites (N-methyl/N-ethyl adjacent to an activating group) is 1. The molecule has 0 saturated carbocycles. The smallest absolute Gasteiger partial charge is 0.225 e. The van der Waals surface area contributed by atoms with Crippen LogP contribution in [-0.4, -0.2) is 99.8 Å². The predicted octanol–water partition coefficient (Wildman–Crippen LogP) is -0.929. The Hall–Kier alpha value is -0.690. The molecule has 2 fully saturated rings. The maximum atomic E-state index is 12.2. The molecule has 0 aliphatic carbocycles. The Morgan fingerprint density at radius 2 is 2.05 bits per heavy atom. The van der Waals surface area contributed by atoms with Crippen molar-refractivity contribution in [2.45, 2.75) is 12.5 Å². The van der Waals surface area contributed by atoms with Gasteiger partial charge in [-0.3, -0.25) is 9.69 Å². The van der Waals surface area contributed by atoms with Crippen LogP contribution in [0.2, 0.25) is 0 Å². The molecule has 2 aliphatic heterocycles. The molecule has 6 nitrogen and oxygen atoms in total. The molecule has 6 heteroatoms. The molecule has 20 heavy (non-hydrogen) atoms. The standard InChI is InChI=1S/C14H28N4O2/c1-16(2)4-5-17-6-8-18(9-7-17)14(19)11-13-12-15-3-10-20-13/h13,15H,3-12H2,1-2H3. The molecule has 1 unspecified atom stereocenters. The summed E-state index contributed by atoms with van der Waals surface area (Å²) in [5.74, 6) is 0.242. The van der Waals surface area contributed by atoms with Crippen LogP contribution in [0.3, 0.4) is 0 Å². The Labute approximate surface area is 122 Å². The van der Waals surface area contributed by atoms with E-state index in [2.05, 4.69) is 29.2 Å². The van der Waals surface area contributed by atoms with Gasteiger partial charge in [0.05, 0.1) is 19.1 Å². The highest BCUT2D eigenvalue weighted by Gasteiger charge is 2.24. The van der Waals surface area contributed by atoms with Gasteiger partial charge in [-0.05, 0) is 14.1 Å². The lowest BCUT2D eigenvalue weighted by molar-refractivity contribution is -0.136. The SMILES string of the molecule is CN(C)CCN1CCN(C(=O)CC2CNCCO2)CC1. The molecule has 0 bridgehead atoms. The molecule has 1 amide bonds. The maximum Gasteiger partial charge on any atom is 0.225 e. The van der Waals surface area contributed by atoms with Crippen molar-refractivity contribution in [3.63, 3.8) is 0 Å². The van der Waals surface area contributed by atoms with Crippen molar-refractivity contribution in [1.82, 2.24) is 20.0 Å². The Balaban J connectivity index is 1.66. The van der Waals surface area contributed by atoms with Crippen LogP contribution in [0.5, 0.6) is 0 Å². The van der Waals surface area contributed by atoms with E-state index in [1.54, 1.807) is 0 Å². The van der Waals surface area contributed by atoms with Gasteiger partial charge in [-0.2, -0.15) is 0 Å². The molecule has 0 spiro atoms. The minimum atomic E-state index is 0.0584. The van der Waals surface area contributed by atoms with Crippen molar-refractivity contribution in [2.24, 2.45) is 0 Å². The molecule has 1 atom stereocenters. The summed E-state index contributed by atoms with van der Waals surface area (Å²) in [6, 6.07) is 0. The summed E-state index contributed by atoms with van der Waals surface area (Å²) in [6.45, 7) is 8.27. The first-order chi connectivity index (χ1) is 9.65. The first-order valence-electron chi connectivity index (χ1n) is 7.62. The highest BCUT2D eigenvalue weighted by molar-refractivity contribution is 5.76. The van der Waals surface area contributed by atoms with Crippen LogP contribution >= 0.6 is 0 Å². The van der Waals surface area contributed by atoms with Crippen LogP contribution in [0.1, 0.15) is 6.42 Å². The van der Waals surface area contributed by atoms with Crippen molar-refractivity contribution >= 4 is 5.91 Å². The number of piperazine rings is 1. The van der Waals surface area contributed by atoms with Crippen molar-refractivity contribution in [1.29, 1.82) is 0 Å². The van der Waals surface area contributed by atoms with Crippen LogP contribution in [0.4, 0.5) is 0 Å². The summed E-state index contributed by atoms with van der Waals surface area (Å²) >= 11 is 0. The van der Waals surface area contributed by atoms with Gasteiger partial charge < -0.3 is 19.9 Å². The lowest BCUT2D eigenvalue weighted by atomic mass is 10.2. The van der Waals surface area contributed by atoms with Crippen molar-refractivity contribution < 1.29 is 9.53 Å². The van der Waals surface area contributed by atoms with Crippen LogP contribution in [0, 0.1) is 0 Å². The molecule has 2 saturated heterocycles. The largest absolute Gasteiger partial charge is 0.375 e. The summed E-state index contributed by atoms with van der Waals surface area (Å²) < 4.78 is 5.60. The zero-order chi connectivity index (χ0) is 14.4. The molecule has 0 radical (unpaired) electrons. The zero-order valence-electron chi connectivity index (χ0n) is 12.8. The number of rotatable bonds is 5. The Morgan fingerprint density at radius 3 is 2.65 bits per heavy atom. The van der Waals surface area contributed by atoms with E-state index in [4.69, 9.17) is 4.74 Å². The minimum Gasteiger partial charge on any atom is -0.375 e. The van der Waals surface area contributed by atoms with E-state index < -0.39 is 0 Å². The van der Waals surface area contributed by atoms with E-state index in [1.165, 1.54) is 0 Å². The van der Waals surface area contributed by atoms with Gasteiger partial charge in [0.15, 0.2) is 0 Å². The van der Waals surface area contributed by atoms with Crippen molar-refractivity contribution in [3.8, 4) is 0 Å². The third-order valence-electron chi connectivity index (χ3n) is 4.00. The normalized spacial score (nSPS) is 25.1. The molecule has 0 aromatic rings. The monoisotopic (exact) mass is 284 g/mol. The van der Waals surface area contributed by atoms with E-state index in [1.807, 2.05) is 4.90 Å². The zero-order valence-corrected chi connectivity index (χ0v) is 12.8. The third-order valence-corrected chi connectivity index (χ3v) is 4.00. The van der Waals surface area contributed by atoms with E-state index >= 15 is 0 Å². The summed E-state index contributed by atoms with van der Waals surface area (Å²) in [4.78, 5) is 18.9. The van der Waals surface area contributed by atoms with Gasteiger partial charge in [-0.25, -0.2) is 0 Å². The molecule has 116 valence electrons. The van der Waals surface area contributed by atoms with Crippen LogP contribution < -0.4 is 5.32 Å². The molecule has 1 N–H and O–H groups in total. The number of hydrogen-bond donors (Lipinski definition) is 1. The first kappa shape index (κ1) is 15.7. The van der Waals surface area contributed by atoms with Crippen molar-refractivity contribution in [3.05, 3.63) is 0 Å². The summed E-state index contributed by atoms with van der Waals surface area (Å²) in [5.41, 5.74) is 0. The van der Waals surface area contributed by atoms with E-state index in [9.17, 15) is 4.79 Å². The highest BCUT2D eigenvalue weighted by Crippen LogP contribution is 2.08. The van der Waals surface area contributed by atoms with Crippen molar-refractivity contribution in [2.75, 3.05) is 73.1 Å². The number of morpholine rings is 1. The molecular weight excluding hydrogens is 256 g/mol.